The lowest BCUT2D eigenvalue weighted by Gasteiger charge is -2.30. The molecule has 3 heteroatoms. The maximum absolute atomic E-state index is 12.6. The van der Waals surface area contributed by atoms with E-state index in [-0.39, 0.29) is 11.7 Å². The van der Waals surface area contributed by atoms with Crippen LogP contribution in [-0.4, -0.2) is 17.9 Å². The van der Waals surface area contributed by atoms with E-state index in [9.17, 15) is 4.79 Å². The summed E-state index contributed by atoms with van der Waals surface area (Å²) in [7, 11) is 1.56. The van der Waals surface area contributed by atoms with Crippen LogP contribution >= 0.6 is 0 Å². The molecule has 1 aromatic rings. The molecule has 98 valence electrons. The van der Waals surface area contributed by atoms with Gasteiger partial charge in [-0.1, -0.05) is 13.8 Å². The smallest absolute Gasteiger partial charge is 0.224 e. The van der Waals surface area contributed by atoms with Crippen molar-refractivity contribution in [2.45, 2.75) is 33.1 Å². The van der Waals surface area contributed by atoms with Gasteiger partial charge in [-0.15, -0.1) is 0 Å². The molecule has 2 unspecified atom stereocenters. The second kappa shape index (κ2) is 5.51. The summed E-state index contributed by atoms with van der Waals surface area (Å²) >= 11 is 0. The molecule has 2 rings (SSSR count). The zero-order chi connectivity index (χ0) is 13.1. The van der Waals surface area contributed by atoms with Crippen LogP contribution in [0, 0.1) is 17.8 Å². The first-order chi connectivity index (χ1) is 8.61. The Balaban J connectivity index is 2.20. The second-order valence-electron chi connectivity index (χ2n) is 5.54. The summed E-state index contributed by atoms with van der Waals surface area (Å²) in [6, 6.07) is 3.61. The minimum Gasteiger partial charge on any atom is -0.480 e. The fourth-order valence-electron chi connectivity index (χ4n) is 3.12. The summed E-state index contributed by atoms with van der Waals surface area (Å²) in [6.45, 7) is 4.47. The average molecular weight is 247 g/mol. The van der Waals surface area contributed by atoms with Crippen LogP contribution in [-0.2, 0) is 0 Å². The van der Waals surface area contributed by atoms with Crippen molar-refractivity contribution in [1.82, 2.24) is 4.98 Å². The van der Waals surface area contributed by atoms with Crippen LogP contribution in [0.3, 0.4) is 0 Å². The van der Waals surface area contributed by atoms with Crippen molar-refractivity contribution >= 4 is 5.78 Å². The summed E-state index contributed by atoms with van der Waals surface area (Å²) in [6.07, 6.45) is 4.86. The monoisotopic (exact) mass is 247 g/mol. The fraction of sp³-hybridized carbons (Fsp3) is 0.600. The van der Waals surface area contributed by atoms with E-state index in [2.05, 4.69) is 18.8 Å². The number of hydrogen-bond acceptors (Lipinski definition) is 3. The third kappa shape index (κ3) is 2.71. The molecule has 0 aromatic carbocycles. The Kier molecular flexibility index (Phi) is 4.00. The molecule has 0 radical (unpaired) electrons. The van der Waals surface area contributed by atoms with Crippen LogP contribution in [0.5, 0.6) is 5.88 Å². The summed E-state index contributed by atoms with van der Waals surface area (Å²) in [5, 5.41) is 0. The fourth-order valence-corrected chi connectivity index (χ4v) is 3.12. The molecular weight excluding hydrogens is 226 g/mol. The van der Waals surface area contributed by atoms with Gasteiger partial charge >= 0.3 is 0 Å². The zero-order valence-electron chi connectivity index (χ0n) is 11.3. The number of ether oxygens (including phenoxy) is 1. The third-order valence-corrected chi connectivity index (χ3v) is 3.78. The summed E-state index contributed by atoms with van der Waals surface area (Å²) < 4.78 is 5.18. The first kappa shape index (κ1) is 13.1. The molecule has 0 bridgehead atoms. The molecule has 1 fully saturated rings. The zero-order valence-corrected chi connectivity index (χ0v) is 11.3. The van der Waals surface area contributed by atoms with E-state index in [1.807, 2.05) is 6.07 Å². The lowest BCUT2D eigenvalue weighted by Crippen LogP contribution is -2.26. The largest absolute Gasteiger partial charge is 0.480 e. The maximum atomic E-state index is 12.6. The van der Waals surface area contributed by atoms with Gasteiger partial charge in [-0.05, 0) is 43.2 Å². The first-order valence-electron chi connectivity index (χ1n) is 6.65. The van der Waals surface area contributed by atoms with Crippen molar-refractivity contribution in [2.24, 2.45) is 17.8 Å². The van der Waals surface area contributed by atoms with Gasteiger partial charge in [0.2, 0.25) is 5.88 Å². The molecule has 1 aliphatic rings. The summed E-state index contributed by atoms with van der Waals surface area (Å²) in [5.74, 6) is 2.03. The van der Waals surface area contributed by atoms with Crippen molar-refractivity contribution in [3.63, 3.8) is 0 Å². The molecular formula is C15H21NO2. The van der Waals surface area contributed by atoms with Crippen molar-refractivity contribution in [2.75, 3.05) is 7.11 Å². The molecule has 1 aliphatic carbocycles. The molecule has 2 atom stereocenters. The van der Waals surface area contributed by atoms with E-state index in [1.54, 1.807) is 19.4 Å². The van der Waals surface area contributed by atoms with Gasteiger partial charge in [-0.3, -0.25) is 4.79 Å². The van der Waals surface area contributed by atoms with Crippen molar-refractivity contribution in [3.8, 4) is 5.88 Å². The Morgan fingerprint density at radius 2 is 1.94 bits per heavy atom. The van der Waals surface area contributed by atoms with E-state index in [0.29, 0.717) is 23.3 Å². The number of methoxy groups -OCH3 is 1. The first-order valence-corrected chi connectivity index (χ1v) is 6.65. The quantitative estimate of drug-likeness (QED) is 0.769. The predicted molar refractivity (Wildman–Crippen MR) is 70.8 cm³/mol. The molecule has 18 heavy (non-hydrogen) atoms. The molecule has 1 heterocycles. The van der Waals surface area contributed by atoms with Gasteiger partial charge in [0.25, 0.3) is 0 Å². The highest BCUT2D eigenvalue weighted by Crippen LogP contribution is 2.35. The predicted octanol–water partition coefficient (Wildman–Crippen LogP) is 3.35. The topological polar surface area (TPSA) is 39.2 Å². The third-order valence-electron chi connectivity index (χ3n) is 3.78. The number of nitrogens with zero attached hydrogens (tertiary/aromatic N) is 1. The highest BCUT2D eigenvalue weighted by atomic mass is 16.5. The van der Waals surface area contributed by atoms with Crippen LogP contribution in [0.25, 0.3) is 0 Å². The van der Waals surface area contributed by atoms with Crippen LogP contribution in [0.15, 0.2) is 18.3 Å². The molecule has 1 aromatic heterocycles. The lowest BCUT2D eigenvalue weighted by atomic mass is 9.74. The van der Waals surface area contributed by atoms with Gasteiger partial charge in [0.05, 0.1) is 12.7 Å². The highest BCUT2D eigenvalue weighted by molar-refractivity contribution is 5.99. The number of aromatic nitrogens is 1. The number of pyridine rings is 1. The van der Waals surface area contributed by atoms with Crippen molar-refractivity contribution < 1.29 is 9.53 Å². The molecule has 3 nitrogen and oxygen atoms in total. The Labute approximate surface area is 109 Å². The highest BCUT2D eigenvalue weighted by Gasteiger charge is 2.30. The Morgan fingerprint density at radius 3 is 2.56 bits per heavy atom. The Morgan fingerprint density at radius 1 is 1.28 bits per heavy atom. The summed E-state index contributed by atoms with van der Waals surface area (Å²) in [5.41, 5.74) is 0.631. The van der Waals surface area contributed by atoms with Gasteiger partial charge in [-0.2, -0.15) is 0 Å². The molecule has 0 aliphatic heterocycles. The number of carbonyl (C=O) groups is 1. The number of rotatable bonds is 3. The van der Waals surface area contributed by atoms with Crippen LogP contribution < -0.4 is 4.74 Å². The molecule has 0 amide bonds. The standard InChI is InChI=1S/C15H21NO2/c1-10-7-11(2)9-12(8-10)14(17)13-5-4-6-16-15(13)18-3/h4-6,10-12H,7-9H2,1-3H3. The van der Waals surface area contributed by atoms with E-state index in [0.717, 1.165) is 12.8 Å². The summed E-state index contributed by atoms with van der Waals surface area (Å²) in [4.78, 5) is 16.7. The molecule has 0 N–H and O–H groups in total. The number of hydrogen-bond donors (Lipinski definition) is 0. The van der Waals surface area contributed by atoms with Gasteiger partial charge in [0.1, 0.15) is 0 Å². The second-order valence-corrected chi connectivity index (χ2v) is 5.54. The van der Waals surface area contributed by atoms with Crippen LogP contribution in [0.4, 0.5) is 0 Å². The number of carbonyl (C=O) groups excluding carboxylic acids is 1. The van der Waals surface area contributed by atoms with E-state index < -0.39 is 0 Å². The SMILES string of the molecule is COc1ncccc1C(=O)C1CC(C)CC(C)C1. The van der Waals surface area contributed by atoms with Gasteiger partial charge < -0.3 is 4.74 Å². The minimum atomic E-state index is 0.127. The van der Waals surface area contributed by atoms with Crippen molar-refractivity contribution in [1.29, 1.82) is 0 Å². The average Bonchev–Trinajstić information content (AvgIpc) is 2.36. The van der Waals surface area contributed by atoms with Gasteiger partial charge in [0.15, 0.2) is 5.78 Å². The van der Waals surface area contributed by atoms with E-state index >= 15 is 0 Å². The Bertz CT molecular complexity index is 420. The minimum absolute atomic E-state index is 0.127. The van der Waals surface area contributed by atoms with Crippen LogP contribution in [0.1, 0.15) is 43.5 Å². The molecule has 0 spiro atoms. The van der Waals surface area contributed by atoms with E-state index in [4.69, 9.17) is 4.74 Å². The molecule has 0 saturated heterocycles. The number of Topliss-reactive ketones (excluding diaryl/α,β-unsaturated/α-hetero) is 1. The Hall–Kier alpha value is -1.38. The van der Waals surface area contributed by atoms with Gasteiger partial charge in [0, 0.05) is 12.1 Å². The molecule has 1 saturated carbocycles. The maximum Gasteiger partial charge on any atom is 0.224 e. The number of ketones is 1. The van der Waals surface area contributed by atoms with Gasteiger partial charge in [-0.25, -0.2) is 4.98 Å². The van der Waals surface area contributed by atoms with E-state index in [1.165, 1.54) is 6.42 Å². The van der Waals surface area contributed by atoms with Crippen LogP contribution in [0.2, 0.25) is 0 Å². The lowest BCUT2D eigenvalue weighted by molar-refractivity contribution is 0.0832. The normalized spacial score (nSPS) is 27.8. The van der Waals surface area contributed by atoms with Crippen molar-refractivity contribution in [3.05, 3.63) is 23.9 Å².